The number of hydrogen-bond acceptors (Lipinski definition) is 3. The van der Waals surface area contributed by atoms with Crippen LogP contribution < -0.4 is 0 Å². The van der Waals surface area contributed by atoms with Gasteiger partial charge < -0.3 is 5.11 Å². The topological polar surface area (TPSA) is 40.5 Å². The molecule has 3 atom stereocenters. The van der Waals surface area contributed by atoms with E-state index in [0.29, 0.717) is 29.9 Å². The molecule has 3 nitrogen and oxygen atoms in total. The number of likely N-dealkylation sites (tertiary alicyclic amines) is 1. The Bertz CT molecular complexity index is 723. The SMILES string of the molecule is Cc1ccc2c(c1O)[C@@]13CCN(CC4CCC4)[C@@H](C2)C1CCC(=O)C3. The van der Waals surface area contributed by atoms with Crippen LogP contribution in [-0.2, 0) is 16.6 Å². The Labute approximate surface area is 150 Å². The van der Waals surface area contributed by atoms with E-state index < -0.39 is 0 Å². The molecular formula is C22H29NO2. The minimum absolute atomic E-state index is 0.0974. The van der Waals surface area contributed by atoms with E-state index in [1.54, 1.807) is 0 Å². The lowest BCUT2D eigenvalue weighted by Crippen LogP contribution is -2.62. The Hall–Kier alpha value is -1.35. The number of carbonyl (C=O) groups is 1. The molecule has 0 aromatic heterocycles. The Balaban J connectivity index is 1.59. The van der Waals surface area contributed by atoms with E-state index in [-0.39, 0.29) is 5.41 Å². The number of phenols is 1. The first-order valence-corrected chi connectivity index (χ1v) is 10.2. The fourth-order valence-corrected chi connectivity index (χ4v) is 6.35. The molecule has 1 aromatic carbocycles. The molecule has 3 aliphatic carbocycles. The quantitative estimate of drug-likeness (QED) is 0.892. The molecule has 1 heterocycles. The third-order valence-corrected chi connectivity index (χ3v) is 7.85. The average molecular weight is 339 g/mol. The van der Waals surface area contributed by atoms with Gasteiger partial charge in [0.2, 0.25) is 0 Å². The number of phenolic OH excluding ortho intramolecular Hbond substituents is 1. The second kappa shape index (κ2) is 5.57. The maximum Gasteiger partial charge on any atom is 0.133 e. The fraction of sp³-hybridized carbons (Fsp3) is 0.682. The van der Waals surface area contributed by atoms with Gasteiger partial charge in [-0.2, -0.15) is 0 Å². The molecular weight excluding hydrogens is 310 g/mol. The molecule has 1 N–H and O–H groups in total. The van der Waals surface area contributed by atoms with Crippen molar-refractivity contribution in [3.05, 3.63) is 28.8 Å². The number of aromatic hydroxyl groups is 1. The van der Waals surface area contributed by atoms with Crippen LogP contribution in [0.15, 0.2) is 12.1 Å². The molecule has 0 radical (unpaired) electrons. The summed E-state index contributed by atoms with van der Waals surface area (Å²) >= 11 is 0. The first kappa shape index (κ1) is 15.9. The van der Waals surface area contributed by atoms with Crippen LogP contribution in [0, 0.1) is 18.8 Å². The predicted molar refractivity (Wildman–Crippen MR) is 97.9 cm³/mol. The zero-order valence-electron chi connectivity index (χ0n) is 15.3. The van der Waals surface area contributed by atoms with E-state index in [1.165, 1.54) is 31.4 Å². The van der Waals surface area contributed by atoms with E-state index in [9.17, 15) is 9.90 Å². The third-order valence-electron chi connectivity index (χ3n) is 7.85. The number of nitrogens with zero attached hydrogens (tertiary/aromatic N) is 1. The van der Waals surface area contributed by atoms with Crippen LogP contribution >= 0.6 is 0 Å². The van der Waals surface area contributed by atoms with Crippen LogP contribution in [-0.4, -0.2) is 34.9 Å². The first-order valence-electron chi connectivity index (χ1n) is 10.2. The lowest BCUT2D eigenvalue weighted by atomic mass is 9.51. The lowest BCUT2D eigenvalue weighted by Gasteiger charge is -2.59. The summed E-state index contributed by atoms with van der Waals surface area (Å²) in [6.45, 7) is 4.33. The van der Waals surface area contributed by atoms with Gasteiger partial charge in [0.1, 0.15) is 11.5 Å². The minimum atomic E-state index is -0.0974. The van der Waals surface area contributed by atoms with Crippen molar-refractivity contribution in [2.45, 2.75) is 69.7 Å². The van der Waals surface area contributed by atoms with E-state index >= 15 is 0 Å². The predicted octanol–water partition coefficient (Wildman–Crippen LogP) is 3.74. The largest absolute Gasteiger partial charge is 0.507 e. The van der Waals surface area contributed by atoms with Crippen molar-refractivity contribution in [2.24, 2.45) is 11.8 Å². The summed E-state index contributed by atoms with van der Waals surface area (Å²) in [4.78, 5) is 15.2. The molecule has 0 spiro atoms. The van der Waals surface area contributed by atoms with Crippen molar-refractivity contribution in [2.75, 3.05) is 13.1 Å². The molecule has 25 heavy (non-hydrogen) atoms. The van der Waals surface area contributed by atoms with Crippen molar-refractivity contribution in [3.8, 4) is 5.75 Å². The number of aryl methyl sites for hydroxylation is 1. The highest BCUT2D eigenvalue weighted by molar-refractivity contribution is 5.82. The summed E-state index contributed by atoms with van der Waals surface area (Å²) in [6.07, 6.45) is 8.69. The summed E-state index contributed by atoms with van der Waals surface area (Å²) in [5, 5.41) is 10.9. The van der Waals surface area contributed by atoms with Crippen LogP contribution in [0.1, 0.15) is 61.6 Å². The number of benzene rings is 1. The van der Waals surface area contributed by atoms with Crippen LogP contribution in [0.25, 0.3) is 0 Å². The highest BCUT2D eigenvalue weighted by Gasteiger charge is 2.56. The van der Waals surface area contributed by atoms with Gasteiger partial charge in [-0.3, -0.25) is 9.69 Å². The van der Waals surface area contributed by atoms with Crippen molar-refractivity contribution in [1.82, 2.24) is 4.90 Å². The van der Waals surface area contributed by atoms with Gasteiger partial charge in [0, 0.05) is 36.4 Å². The normalized spacial score (nSPS) is 35.0. The summed E-state index contributed by atoms with van der Waals surface area (Å²) in [5.74, 6) is 2.31. The maximum absolute atomic E-state index is 12.4. The van der Waals surface area contributed by atoms with Crippen LogP contribution in [0.3, 0.4) is 0 Å². The highest BCUT2D eigenvalue weighted by Crippen LogP contribution is 2.57. The molecule has 0 amide bonds. The number of rotatable bonds is 2. The summed E-state index contributed by atoms with van der Waals surface area (Å²) in [7, 11) is 0. The molecule has 3 heteroatoms. The van der Waals surface area contributed by atoms with Gasteiger partial charge in [0.15, 0.2) is 0 Å². The van der Waals surface area contributed by atoms with E-state index in [4.69, 9.17) is 0 Å². The number of fused-ring (bicyclic) bond motifs is 1. The number of piperidine rings is 1. The average Bonchev–Trinajstić information content (AvgIpc) is 2.55. The molecule has 5 rings (SSSR count). The fourth-order valence-electron chi connectivity index (χ4n) is 6.35. The Morgan fingerprint density at radius 2 is 2.12 bits per heavy atom. The number of ketones is 1. The monoisotopic (exact) mass is 339 g/mol. The van der Waals surface area contributed by atoms with E-state index in [0.717, 1.165) is 49.3 Å². The molecule has 1 aliphatic heterocycles. The van der Waals surface area contributed by atoms with E-state index in [1.807, 2.05) is 6.92 Å². The van der Waals surface area contributed by atoms with Gasteiger partial charge in [0.05, 0.1) is 0 Å². The van der Waals surface area contributed by atoms with E-state index in [2.05, 4.69) is 17.0 Å². The standard InChI is InChI=1S/C22H29NO2/c1-14-5-6-16-11-19-18-8-7-17(24)12-22(18,20(16)21(14)25)9-10-23(19)13-15-3-2-4-15/h5-6,15,18-19,25H,2-4,7-13H2,1H3/t18?,19-,22+/m0/s1. The number of carbonyl (C=O) groups excluding carboxylic acids is 1. The molecule has 134 valence electrons. The van der Waals surface area contributed by atoms with Gasteiger partial charge in [-0.25, -0.2) is 0 Å². The lowest BCUT2D eigenvalue weighted by molar-refractivity contribution is -0.127. The zero-order valence-corrected chi connectivity index (χ0v) is 15.3. The summed E-state index contributed by atoms with van der Waals surface area (Å²) < 4.78 is 0. The Morgan fingerprint density at radius 3 is 2.88 bits per heavy atom. The number of hydrogen-bond donors (Lipinski definition) is 1. The first-order chi connectivity index (χ1) is 12.1. The van der Waals surface area contributed by atoms with Crippen LogP contribution in [0.5, 0.6) is 5.75 Å². The van der Waals surface area contributed by atoms with Crippen LogP contribution in [0.2, 0.25) is 0 Å². The molecule has 3 fully saturated rings. The summed E-state index contributed by atoms with van der Waals surface area (Å²) in [5.41, 5.74) is 3.31. The number of Topliss-reactive ketones (excluding diaryl/α,β-unsaturated/α-hetero) is 1. The van der Waals surface area contributed by atoms with Gasteiger partial charge >= 0.3 is 0 Å². The van der Waals surface area contributed by atoms with Crippen molar-refractivity contribution < 1.29 is 9.90 Å². The molecule has 2 bridgehead atoms. The molecule has 1 saturated heterocycles. The van der Waals surface area contributed by atoms with Crippen molar-refractivity contribution >= 4 is 5.78 Å². The Kier molecular flexibility index (Phi) is 3.54. The highest BCUT2D eigenvalue weighted by atomic mass is 16.3. The summed E-state index contributed by atoms with van der Waals surface area (Å²) in [6, 6.07) is 4.85. The van der Waals surface area contributed by atoms with Crippen molar-refractivity contribution in [1.29, 1.82) is 0 Å². The second-order valence-corrected chi connectivity index (χ2v) is 9.10. The van der Waals surface area contributed by atoms with Gasteiger partial charge in [-0.15, -0.1) is 0 Å². The second-order valence-electron chi connectivity index (χ2n) is 9.10. The third kappa shape index (κ3) is 2.24. The van der Waals surface area contributed by atoms with Gasteiger partial charge in [0.25, 0.3) is 0 Å². The smallest absolute Gasteiger partial charge is 0.133 e. The van der Waals surface area contributed by atoms with Gasteiger partial charge in [-0.05, 0) is 68.5 Å². The zero-order chi connectivity index (χ0) is 17.2. The van der Waals surface area contributed by atoms with Gasteiger partial charge in [-0.1, -0.05) is 18.6 Å². The molecule has 1 unspecified atom stereocenters. The van der Waals surface area contributed by atoms with Crippen LogP contribution in [0.4, 0.5) is 0 Å². The Morgan fingerprint density at radius 1 is 1.28 bits per heavy atom. The maximum atomic E-state index is 12.4. The molecule has 4 aliphatic rings. The molecule has 1 aromatic rings. The van der Waals surface area contributed by atoms with Crippen molar-refractivity contribution in [3.63, 3.8) is 0 Å². The minimum Gasteiger partial charge on any atom is -0.507 e. The molecule has 2 saturated carbocycles.